The molecule has 158 valence electrons. The van der Waals surface area contributed by atoms with Crippen molar-refractivity contribution in [2.24, 2.45) is 0 Å². The Hall–Kier alpha value is -3.48. The molecule has 0 aliphatic heterocycles. The van der Waals surface area contributed by atoms with Crippen molar-refractivity contribution in [3.05, 3.63) is 112 Å². The molecule has 0 saturated carbocycles. The van der Waals surface area contributed by atoms with Crippen LogP contribution in [0.2, 0.25) is 5.02 Å². The fourth-order valence-corrected chi connectivity index (χ4v) is 4.60. The molecular formula is C25H18ClN3O2S. The van der Waals surface area contributed by atoms with Gasteiger partial charge < -0.3 is 9.30 Å². The molecule has 0 atom stereocenters. The van der Waals surface area contributed by atoms with E-state index in [-0.39, 0.29) is 5.56 Å². The number of aromatic nitrogens is 3. The summed E-state index contributed by atoms with van der Waals surface area (Å²) in [5, 5.41) is 0.697. The first-order valence-corrected chi connectivity index (χ1v) is 11.2. The Kier molecular flexibility index (Phi) is 5.71. The second-order valence-corrected chi connectivity index (χ2v) is 8.79. The maximum absolute atomic E-state index is 12.4. The maximum atomic E-state index is 12.4. The first kappa shape index (κ1) is 20.4. The highest BCUT2D eigenvalue weighted by Crippen LogP contribution is 2.33. The third kappa shape index (κ3) is 4.42. The van der Waals surface area contributed by atoms with E-state index in [1.807, 2.05) is 71.3 Å². The average Bonchev–Trinajstić information content (AvgIpc) is 3.29. The molecule has 5 aromatic rings. The van der Waals surface area contributed by atoms with Gasteiger partial charge in [-0.05, 0) is 71.3 Å². The second kappa shape index (κ2) is 8.94. The molecule has 0 N–H and O–H groups in total. The first-order chi connectivity index (χ1) is 15.7. The quantitative estimate of drug-likeness (QED) is 0.322. The van der Waals surface area contributed by atoms with Gasteiger partial charge in [-0.1, -0.05) is 23.7 Å². The predicted molar refractivity (Wildman–Crippen MR) is 128 cm³/mol. The molecular weight excluding hydrogens is 442 g/mol. The van der Waals surface area contributed by atoms with Gasteiger partial charge in [-0.2, -0.15) is 4.98 Å². The molecule has 0 aliphatic rings. The van der Waals surface area contributed by atoms with Gasteiger partial charge in [0, 0.05) is 28.8 Å². The van der Waals surface area contributed by atoms with E-state index in [4.69, 9.17) is 16.3 Å². The lowest BCUT2D eigenvalue weighted by Gasteiger charge is -2.07. The summed E-state index contributed by atoms with van der Waals surface area (Å²) in [5.41, 5.74) is 3.85. The van der Waals surface area contributed by atoms with E-state index in [0.717, 1.165) is 32.8 Å². The summed E-state index contributed by atoms with van der Waals surface area (Å²) in [7, 11) is 0. The van der Waals surface area contributed by atoms with Gasteiger partial charge >= 0.3 is 0 Å². The standard InChI is InChI=1S/C25H18ClN3O2S/c26-20-5-1-17(2-6-20)14-29-16-28-25(30)24-22(29)13-23(32-24)19-3-7-21(8-4-19)31-15-18-9-11-27-12-10-18/h1-13,16H,14-15H2. The largest absolute Gasteiger partial charge is 0.489 e. The van der Waals surface area contributed by atoms with Crippen LogP contribution >= 0.6 is 22.9 Å². The van der Waals surface area contributed by atoms with E-state index < -0.39 is 0 Å². The lowest BCUT2D eigenvalue weighted by molar-refractivity contribution is 0.306. The number of hydrogen-bond donors (Lipinski definition) is 0. The van der Waals surface area contributed by atoms with Gasteiger partial charge in [0.05, 0.1) is 11.8 Å². The topological polar surface area (TPSA) is 57.0 Å². The Morgan fingerprint density at radius 1 is 0.938 bits per heavy atom. The van der Waals surface area contributed by atoms with Crippen LogP contribution in [0.25, 0.3) is 20.7 Å². The van der Waals surface area contributed by atoms with Crippen molar-refractivity contribution in [1.82, 2.24) is 14.5 Å². The van der Waals surface area contributed by atoms with Gasteiger partial charge in [-0.15, -0.1) is 11.3 Å². The molecule has 0 bridgehead atoms. The number of hydrogen-bond acceptors (Lipinski definition) is 5. The number of fused-ring (bicyclic) bond motifs is 1. The number of rotatable bonds is 6. The zero-order valence-electron chi connectivity index (χ0n) is 16.9. The van der Waals surface area contributed by atoms with Crippen LogP contribution in [0.3, 0.4) is 0 Å². The van der Waals surface area contributed by atoms with Crippen molar-refractivity contribution >= 4 is 33.2 Å². The van der Waals surface area contributed by atoms with Crippen molar-refractivity contribution in [1.29, 1.82) is 0 Å². The van der Waals surface area contributed by atoms with Crippen LogP contribution in [-0.4, -0.2) is 14.5 Å². The number of nitrogens with zero attached hydrogens (tertiary/aromatic N) is 3. The minimum absolute atomic E-state index is 0.207. The molecule has 5 nitrogen and oxygen atoms in total. The van der Waals surface area contributed by atoms with E-state index in [2.05, 4.69) is 9.97 Å². The number of benzene rings is 2. The van der Waals surface area contributed by atoms with Crippen LogP contribution in [0.15, 0.2) is 90.2 Å². The highest BCUT2D eigenvalue weighted by Gasteiger charge is 2.12. The van der Waals surface area contributed by atoms with Gasteiger partial charge in [0.1, 0.15) is 17.1 Å². The summed E-state index contributed by atoms with van der Waals surface area (Å²) in [6.07, 6.45) is 5.11. The second-order valence-electron chi connectivity index (χ2n) is 7.30. The Balaban J connectivity index is 1.40. The van der Waals surface area contributed by atoms with Gasteiger partial charge in [-0.25, -0.2) is 0 Å². The molecule has 0 aliphatic carbocycles. The zero-order valence-corrected chi connectivity index (χ0v) is 18.5. The summed E-state index contributed by atoms with van der Waals surface area (Å²) in [6.45, 7) is 1.10. The molecule has 3 heterocycles. The highest BCUT2D eigenvalue weighted by atomic mass is 35.5. The van der Waals surface area contributed by atoms with Crippen molar-refractivity contribution in [2.75, 3.05) is 0 Å². The summed E-state index contributed by atoms with van der Waals surface area (Å²) in [6, 6.07) is 21.5. The van der Waals surface area contributed by atoms with Crippen molar-refractivity contribution in [3.8, 4) is 16.2 Å². The molecule has 3 aromatic heterocycles. The Labute approximate surface area is 193 Å². The number of halogens is 1. The van der Waals surface area contributed by atoms with E-state index >= 15 is 0 Å². The first-order valence-electron chi connectivity index (χ1n) is 10.0. The Morgan fingerprint density at radius 2 is 1.69 bits per heavy atom. The van der Waals surface area contributed by atoms with Crippen LogP contribution in [0.4, 0.5) is 0 Å². The fraction of sp³-hybridized carbons (Fsp3) is 0.0800. The number of ether oxygens (including phenoxy) is 1. The van der Waals surface area contributed by atoms with Gasteiger partial charge in [0.25, 0.3) is 5.56 Å². The summed E-state index contributed by atoms with van der Waals surface area (Å²) in [5.74, 6) is 0.788. The van der Waals surface area contributed by atoms with E-state index in [1.165, 1.54) is 11.3 Å². The van der Waals surface area contributed by atoms with E-state index in [0.29, 0.717) is 22.9 Å². The minimum Gasteiger partial charge on any atom is -0.489 e. The maximum Gasteiger partial charge on any atom is 0.290 e. The molecule has 0 fully saturated rings. The average molecular weight is 460 g/mol. The van der Waals surface area contributed by atoms with Crippen LogP contribution in [0, 0.1) is 0 Å². The molecule has 0 saturated heterocycles. The Morgan fingerprint density at radius 3 is 2.44 bits per heavy atom. The normalized spacial score (nSPS) is 11.0. The van der Waals surface area contributed by atoms with Crippen LogP contribution in [0.1, 0.15) is 11.1 Å². The molecule has 32 heavy (non-hydrogen) atoms. The molecule has 0 amide bonds. The van der Waals surface area contributed by atoms with Gasteiger partial charge in [-0.3, -0.25) is 9.78 Å². The van der Waals surface area contributed by atoms with Crippen LogP contribution in [-0.2, 0) is 13.2 Å². The lowest BCUT2D eigenvalue weighted by atomic mass is 10.2. The number of pyridine rings is 1. The fourth-order valence-electron chi connectivity index (χ4n) is 3.41. The van der Waals surface area contributed by atoms with Crippen LogP contribution < -0.4 is 10.3 Å². The third-order valence-electron chi connectivity index (χ3n) is 5.09. The molecule has 2 aromatic carbocycles. The lowest BCUT2D eigenvalue weighted by Crippen LogP contribution is -2.11. The monoisotopic (exact) mass is 459 g/mol. The molecule has 0 spiro atoms. The van der Waals surface area contributed by atoms with Gasteiger partial charge in [0.2, 0.25) is 0 Å². The zero-order chi connectivity index (χ0) is 21.9. The molecule has 7 heteroatoms. The molecule has 5 rings (SSSR count). The van der Waals surface area contributed by atoms with E-state index in [1.54, 1.807) is 18.7 Å². The summed E-state index contributed by atoms with van der Waals surface area (Å²) >= 11 is 7.45. The van der Waals surface area contributed by atoms with Gasteiger partial charge in [0.15, 0.2) is 0 Å². The SMILES string of the molecule is O=c1ncn(Cc2ccc(Cl)cc2)c2cc(-c3ccc(OCc4ccncc4)cc3)sc12. The van der Waals surface area contributed by atoms with E-state index in [9.17, 15) is 4.79 Å². The van der Waals surface area contributed by atoms with Crippen molar-refractivity contribution in [3.63, 3.8) is 0 Å². The third-order valence-corrected chi connectivity index (χ3v) is 6.50. The number of thiophene rings is 1. The summed E-state index contributed by atoms with van der Waals surface area (Å²) in [4.78, 5) is 21.5. The smallest absolute Gasteiger partial charge is 0.290 e. The molecule has 0 unspecified atom stereocenters. The highest BCUT2D eigenvalue weighted by molar-refractivity contribution is 7.22. The molecule has 0 radical (unpaired) electrons. The Bertz CT molecular complexity index is 1410. The summed E-state index contributed by atoms with van der Waals surface area (Å²) < 4.78 is 8.50. The minimum atomic E-state index is -0.207. The van der Waals surface area contributed by atoms with Crippen molar-refractivity contribution < 1.29 is 4.74 Å². The van der Waals surface area contributed by atoms with Crippen molar-refractivity contribution in [2.45, 2.75) is 13.2 Å². The predicted octanol–water partition coefficient (Wildman–Crippen LogP) is 5.80. The van der Waals surface area contributed by atoms with Crippen LogP contribution in [0.5, 0.6) is 5.75 Å².